The van der Waals surface area contributed by atoms with Crippen molar-refractivity contribution in [3.63, 3.8) is 0 Å². The molecule has 0 amide bonds. The molecule has 0 fully saturated rings. The van der Waals surface area contributed by atoms with Crippen molar-refractivity contribution in [3.05, 3.63) is 75.4 Å². The highest BCUT2D eigenvalue weighted by Gasteiger charge is 2.16. The first-order valence-electron chi connectivity index (χ1n) is 9.29. The Morgan fingerprint density at radius 1 is 1.09 bits per heavy atom. The van der Waals surface area contributed by atoms with Crippen molar-refractivity contribution >= 4 is 34.7 Å². The lowest BCUT2D eigenvalue weighted by molar-refractivity contribution is -0.385. The van der Waals surface area contributed by atoms with Crippen LogP contribution in [0.3, 0.4) is 0 Å². The second-order valence-electron chi connectivity index (χ2n) is 6.44. The van der Waals surface area contributed by atoms with Crippen LogP contribution < -0.4 is 10.1 Å². The van der Waals surface area contributed by atoms with Crippen molar-refractivity contribution in [2.24, 2.45) is 0 Å². The summed E-state index contributed by atoms with van der Waals surface area (Å²) in [6, 6.07) is 8.19. The number of rotatable bonds is 8. The number of halogens is 2. The summed E-state index contributed by atoms with van der Waals surface area (Å²) in [6.45, 7) is 0.614. The third-order valence-corrected chi connectivity index (χ3v) is 4.89. The molecule has 12 heteroatoms. The number of pyridine rings is 1. The van der Waals surface area contributed by atoms with Gasteiger partial charge in [0, 0.05) is 28.4 Å². The number of ether oxygens (including phenoxy) is 1. The van der Waals surface area contributed by atoms with Crippen LogP contribution in [0.2, 0.25) is 10.0 Å². The fourth-order valence-electron chi connectivity index (χ4n) is 2.84. The highest BCUT2D eigenvalue weighted by molar-refractivity contribution is 6.36. The molecule has 0 radical (unpaired) electrons. The first kappa shape index (κ1) is 21.5. The van der Waals surface area contributed by atoms with Gasteiger partial charge in [0.2, 0.25) is 0 Å². The van der Waals surface area contributed by atoms with Gasteiger partial charge in [0.15, 0.2) is 0 Å². The van der Waals surface area contributed by atoms with Gasteiger partial charge in [0.1, 0.15) is 18.6 Å². The van der Waals surface area contributed by atoms with E-state index < -0.39 is 4.92 Å². The molecule has 1 aromatic carbocycles. The zero-order valence-corrected chi connectivity index (χ0v) is 17.8. The Bertz CT molecular complexity index is 1230. The van der Waals surface area contributed by atoms with Gasteiger partial charge in [-0.2, -0.15) is 4.98 Å². The molecule has 0 spiro atoms. The van der Waals surface area contributed by atoms with E-state index in [1.54, 1.807) is 36.9 Å². The molecule has 0 saturated carbocycles. The number of nitro groups is 1. The summed E-state index contributed by atoms with van der Waals surface area (Å²) in [4.78, 5) is 30.1. The molecule has 3 aromatic heterocycles. The Hall–Kier alpha value is -3.76. The smallest absolute Gasteiger partial charge is 0.316 e. The molecule has 0 aliphatic rings. The molecule has 10 nitrogen and oxygen atoms in total. The van der Waals surface area contributed by atoms with Crippen LogP contribution in [0.1, 0.15) is 0 Å². The first-order chi connectivity index (χ1) is 15.5. The highest BCUT2D eigenvalue weighted by Crippen LogP contribution is 2.35. The summed E-state index contributed by atoms with van der Waals surface area (Å²) < 4.78 is 5.67. The van der Waals surface area contributed by atoms with Crippen LogP contribution in [0.4, 0.5) is 11.5 Å². The second-order valence-corrected chi connectivity index (χ2v) is 7.28. The van der Waals surface area contributed by atoms with Crippen LogP contribution in [-0.4, -0.2) is 43.0 Å². The fourth-order valence-corrected chi connectivity index (χ4v) is 3.34. The Kier molecular flexibility index (Phi) is 6.43. The molecule has 162 valence electrons. The quantitative estimate of drug-likeness (QED) is 0.216. The molecule has 0 aliphatic heterocycles. The van der Waals surface area contributed by atoms with Crippen molar-refractivity contribution in [1.29, 1.82) is 0 Å². The standard InChI is InChI=1S/C20H15Cl2N7O3/c21-12-1-3-14(16(22)7-12)19-15(17-10-23-11-27-17)9-26-20(28-19)32-6-5-24-18-4-2-13(8-25-18)29(30)31/h1-4,7-11H,5-6H2,(H,23,27)(H,24,25). The lowest BCUT2D eigenvalue weighted by atomic mass is 10.1. The molecule has 2 N–H and O–H groups in total. The van der Waals surface area contributed by atoms with Gasteiger partial charge >= 0.3 is 6.01 Å². The van der Waals surface area contributed by atoms with E-state index in [9.17, 15) is 10.1 Å². The Labute approximate surface area is 191 Å². The molecule has 4 rings (SSSR count). The summed E-state index contributed by atoms with van der Waals surface area (Å²) in [5, 5.41) is 14.7. The van der Waals surface area contributed by atoms with Gasteiger partial charge in [-0.3, -0.25) is 10.1 Å². The summed E-state index contributed by atoms with van der Waals surface area (Å²) in [5.41, 5.74) is 2.58. The van der Waals surface area contributed by atoms with Gasteiger partial charge < -0.3 is 15.0 Å². The average molecular weight is 472 g/mol. The molecule has 0 unspecified atom stereocenters. The van der Waals surface area contributed by atoms with Crippen molar-refractivity contribution in [1.82, 2.24) is 24.9 Å². The number of imidazole rings is 1. The molecule has 0 bridgehead atoms. The number of H-pyrrole nitrogens is 1. The van der Waals surface area contributed by atoms with E-state index in [0.717, 1.165) is 5.69 Å². The van der Waals surface area contributed by atoms with E-state index in [-0.39, 0.29) is 18.3 Å². The zero-order valence-electron chi connectivity index (χ0n) is 16.3. The monoisotopic (exact) mass is 471 g/mol. The normalized spacial score (nSPS) is 10.7. The minimum Gasteiger partial charge on any atom is -0.462 e. The highest BCUT2D eigenvalue weighted by atomic mass is 35.5. The maximum absolute atomic E-state index is 10.7. The Morgan fingerprint density at radius 3 is 2.66 bits per heavy atom. The SMILES string of the molecule is O=[N+]([O-])c1ccc(NCCOc2ncc(-c3cnc[nH]3)c(-c3ccc(Cl)cc3Cl)n2)nc1. The molecule has 0 atom stereocenters. The Balaban J connectivity index is 1.49. The fraction of sp³-hybridized carbons (Fsp3) is 0.100. The number of anilines is 1. The van der Waals surface area contributed by atoms with Crippen LogP contribution in [0.25, 0.3) is 22.5 Å². The number of nitrogens with one attached hydrogen (secondary N) is 2. The van der Waals surface area contributed by atoms with E-state index >= 15 is 0 Å². The minimum atomic E-state index is -0.505. The molecular formula is C20H15Cl2N7O3. The van der Waals surface area contributed by atoms with Crippen LogP contribution >= 0.6 is 23.2 Å². The minimum absolute atomic E-state index is 0.0778. The maximum Gasteiger partial charge on any atom is 0.316 e. The summed E-state index contributed by atoms with van der Waals surface area (Å²) in [6.07, 6.45) is 6.03. The average Bonchev–Trinajstić information content (AvgIpc) is 3.32. The number of aromatic amines is 1. The Morgan fingerprint density at radius 2 is 1.97 bits per heavy atom. The summed E-state index contributed by atoms with van der Waals surface area (Å²) in [7, 11) is 0. The molecule has 32 heavy (non-hydrogen) atoms. The second kappa shape index (κ2) is 9.58. The number of hydrogen-bond donors (Lipinski definition) is 2. The largest absolute Gasteiger partial charge is 0.462 e. The van der Waals surface area contributed by atoms with Crippen molar-refractivity contribution in [2.75, 3.05) is 18.5 Å². The predicted molar refractivity (Wildman–Crippen MR) is 120 cm³/mol. The van der Waals surface area contributed by atoms with Crippen LogP contribution in [0, 0.1) is 10.1 Å². The van der Waals surface area contributed by atoms with Gasteiger partial charge in [-0.05, 0) is 24.3 Å². The predicted octanol–water partition coefficient (Wildman–Crippen LogP) is 4.63. The number of hydrogen-bond acceptors (Lipinski definition) is 8. The van der Waals surface area contributed by atoms with Crippen LogP contribution in [0.15, 0.2) is 55.2 Å². The molecule has 0 saturated heterocycles. The molecule has 0 aliphatic carbocycles. The van der Waals surface area contributed by atoms with Gasteiger partial charge in [-0.25, -0.2) is 15.0 Å². The van der Waals surface area contributed by atoms with Crippen molar-refractivity contribution in [3.8, 4) is 28.5 Å². The van der Waals surface area contributed by atoms with E-state index in [1.165, 1.54) is 18.3 Å². The lowest BCUT2D eigenvalue weighted by Gasteiger charge is -2.12. The van der Waals surface area contributed by atoms with Crippen molar-refractivity contribution < 1.29 is 9.66 Å². The van der Waals surface area contributed by atoms with E-state index in [0.29, 0.717) is 39.2 Å². The van der Waals surface area contributed by atoms with E-state index in [4.69, 9.17) is 27.9 Å². The first-order valence-corrected chi connectivity index (χ1v) is 10.0. The topological polar surface area (TPSA) is 132 Å². The van der Waals surface area contributed by atoms with E-state index in [2.05, 4.69) is 30.2 Å². The van der Waals surface area contributed by atoms with Gasteiger partial charge in [-0.15, -0.1) is 0 Å². The molecule has 4 aromatic rings. The maximum atomic E-state index is 10.7. The number of aromatic nitrogens is 5. The lowest BCUT2D eigenvalue weighted by Crippen LogP contribution is -2.13. The molecule has 3 heterocycles. The van der Waals surface area contributed by atoms with Crippen molar-refractivity contribution in [2.45, 2.75) is 0 Å². The van der Waals surface area contributed by atoms with E-state index in [1.807, 2.05) is 0 Å². The number of nitrogens with zero attached hydrogens (tertiary/aromatic N) is 5. The zero-order chi connectivity index (χ0) is 22.5. The van der Waals surface area contributed by atoms with Gasteiger partial charge in [-0.1, -0.05) is 23.2 Å². The number of benzene rings is 1. The third-order valence-electron chi connectivity index (χ3n) is 4.34. The van der Waals surface area contributed by atoms with Crippen LogP contribution in [-0.2, 0) is 0 Å². The molecular weight excluding hydrogens is 457 g/mol. The van der Waals surface area contributed by atoms with Crippen LogP contribution in [0.5, 0.6) is 6.01 Å². The summed E-state index contributed by atoms with van der Waals surface area (Å²) >= 11 is 12.4. The van der Waals surface area contributed by atoms with Gasteiger partial charge in [0.05, 0.1) is 40.4 Å². The summed E-state index contributed by atoms with van der Waals surface area (Å²) in [5.74, 6) is 0.489. The van der Waals surface area contributed by atoms with Gasteiger partial charge in [0.25, 0.3) is 5.69 Å². The third kappa shape index (κ3) is 4.93.